The molecule has 0 aromatic carbocycles. The Hall–Kier alpha value is -2.71. The molecule has 0 saturated carbocycles. The Morgan fingerprint density at radius 2 is 1.44 bits per heavy atom. The van der Waals surface area contributed by atoms with Crippen molar-refractivity contribution in [1.82, 2.24) is 19.9 Å². The van der Waals surface area contributed by atoms with E-state index in [2.05, 4.69) is 19.9 Å². The molecule has 3 rings (SSSR count). The van der Waals surface area contributed by atoms with Crippen LogP contribution in [0.1, 0.15) is 34.5 Å². The number of pyridine rings is 2. The highest BCUT2D eigenvalue weighted by Crippen LogP contribution is 2.35. The lowest BCUT2D eigenvalue weighted by Crippen LogP contribution is -2.25. The molecule has 0 radical (unpaired) electrons. The number of rotatable bonds is 6. The van der Waals surface area contributed by atoms with E-state index in [1.54, 1.807) is 30.9 Å². The number of primary sulfonamides is 1. The van der Waals surface area contributed by atoms with E-state index in [0.717, 1.165) is 11.1 Å². The van der Waals surface area contributed by atoms with Crippen LogP contribution in [0.25, 0.3) is 0 Å². The summed E-state index contributed by atoms with van der Waals surface area (Å²) in [6.45, 7) is 0. The van der Waals surface area contributed by atoms with Crippen molar-refractivity contribution >= 4 is 10.0 Å². The van der Waals surface area contributed by atoms with Gasteiger partial charge in [0.05, 0.1) is 0 Å². The highest BCUT2D eigenvalue weighted by Gasteiger charge is 2.31. The van der Waals surface area contributed by atoms with Crippen LogP contribution in [-0.4, -0.2) is 28.4 Å². The summed E-state index contributed by atoms with van der Waals surface area (Å²) in [4.78, 5) is 16.5. The van der Waals surface area contributed by atoms with Crippen molar-refractivity contribution in [2.45, 2.75) is 17.6 Å². The van der Waals surface area contributed by atoms with E-state index in [0.29, 0.717) is 0 Å². The fourth-order valence-corrected chi connectivity index (χ4v) is 3.58. The molecule has 0 bridgehead atoms. The SMILES string of the molecule is NS(=O)(=O)C(CC(c1cccnc1)c1cccnc1)c1ncccn1. The van der Waals surface area contributed by atoms with Crippen molar-refractivity contribution in [3.63, 3.8) is 0 Å². The van der Waals surface area contributed by atoms with Gasteiger partial charge in [-0.1, -0.05) is 12.1 Å². The molecular weight excluding hydrogens is 338 g/mol. The van der Waals surface area contributed by atoms with Gasteiger partial charge in [0.1, 0.15) is 11.1 Å². The second-order valence-corrected chi connectivity index (χ2v) is 7.29. The first-order valence-corrected chi connectivity index (χ1v) is 9.25. The normalized spacial score (nSPS) is 12.9. The first kappa shape index (κ1) is 17.1. The first-order valence-electron chi connectivity index (χ1n) is 7.64. The van der Waals surface area contributed by atoms with Crippen molar-refractivity contribution in [3.05, 3.63) is 84.5 Å². The maximum Gasteiger partial charge on any atom is 0.219 e. The Morgan fingerprint density at radius 1 is 0.880 bits per heavy atom. The van der Waals surface area contributed by atoms with Crippen LogP contribution < -0.4 is 5.14 Å². The molecule has 1 atom stereocenters. The summed E-state index contributed by atoms with van der Waals surface area (Å²) >= 11 is 0. The maximum absolute atomic E-state index is 12.2. The van der Waals surface area contributed by atoms with Crippen LogP contribution in [0.15, 0.2) is 67.5 Å². The highest BCUT2D eigenvalue weighted by molar-refractivity contribution is 7.89. The molecule has 0 amide bonds. The van der Waals surface area contributed by atoms with E-state index in [1.165, 1.54) is 12.4 Å². The van der Waals surface area contributed by atoms with Crippen LogP contribution in [0.5, 0.6) is 0 Å². The Bertz CT molecular complexity index is 866. The van der Waals surface area contributed by atoms with Gasteiger partial charge in [0.15, 0.2) is 0 Å². The largest absolute Gasteiger partial charge is 0.264 e. The predicted molar refractivity (Wildman–Crippen MR) is 92.8 cm³/mol. The van der Waals surface area contributed by atoms with Crippen LogP contribution in [0, 0.1) is 0 Å². The van der Waals surface area contributed by atoms with Gasteiger partial charge in [-0.25, -0.2) is 23.5 Å². The van der Waals surface area contributed by atoms with E-state index in [1.807, 2.05) is 24.3 Å². The molecule has 0 aliphatic rings. The molecule has 25 heavy (non-hydrogen) atoms. The minimum absolute atomic E-state index is 0.183. The lowest BCUT2D eigenvalue weighted by molar-refractivity contribution is 0.560. The van der Waals surface area contributed by atoms with Gasteiger partial charge in [0.25, 0.3) is 0 Å². The van der Waals surface area contributed by atoms with Gasteiger partial charge in [-0.15, -0.1) is 0 Å². The number of hydrogen-bond donors (Lipinski definition) is 1. The average molecular weight is 355 g/mol. The third kappa shape index (κ3) is 4.23. The Kier molecular flexibility index (Phi) is 5.11. The molecule has 3 aromatic heterocycles. The minimum atomic E-state index is -3.89. The second kappa shape index (κ2) is 7.45. The molecule has 3 heterocycles. The molecule has 7 nitrogen and oxygen atoms in total. The summed E-state index contributed by atoms with van der Waals surface area (Å²) in [5, 5.41) is 4.45. The summed E-state index contributed by atoms with van der Waals surface area (Å²) in [5.74, 6) is -0.0719. The van der Waals surface area contributed by atoms with E-state index in [-0.39, 0.29) is 18.2 Å². The Labute approximate surface area is 146 Å². The molecule has 0 aliphatic carbocycles. The summed E-state index contributed by atoms with van der Waals surface area (Å²) in [6, 6.07) is 9.05. The summed E-state index contributed by atoms with van der Waals surface area (Å²) in [5.41, 5.74) is 1.75. The number of aromatic nitrogens is 4. The highest BCUT2D eigenvalue weighted by atomic mass is 32.2. The van der Waals surface area contributed by atoms with Crippen LogP contribution in [-0.2, 0) is 10.0 Å². The van der Waals surface area contributed by atoms with Crippen LogP contribution in [0.4, 0.5) is 0 Å². The molecule has 8 heteroatoms. The van der Waals surface area contributed by atoms with Crippen LogP contribution in [0.3, 0.4) is 0 Å². The lowest BCUT2D eigenvalue weighted by atomic mass is 9.89. The zero-order valence-electron chi connectivity index (χ0n) is 13.3. The second-order valence-electron chi connectivity index (χ2n) is 5.55. The van der Waals surface area contributed by atoms with Gasteiger partial charge in [-0.3, -0.25) is 9.97 Å². The average Bonchev–Trinajstić information content (AvgIpc) is 2.63. The number of sulfonamides is 1. The molecule has 2 N–H and O–H groups in total. The van der Waals surface area contributed by atoms with Gasteiger partial charge >= 0.3 is 0 Å². The molecule has 1 unspecified atom stereocenters. The van der Waals surface area contributed by atoms with Gasteiger partial charge < -0.3 is 0 Å². The number of nitrogens with zero attached hydrogens (tertiary/aromatic N) is 4. The van der Waals surface area contributed by atoms with Crippen molar-refractivity contribution in [3.8, 4) is 0 Å². The standard InChI is InChI=1S/C17H17N5O2S/c18-25(23,24)16(17-21-8-3-9-22-17)10-15(13-4-1-6-19-11-13)14-5-2-7-20-12-14/h1-9,11-12,15-16H,10H2,(H2,18,23,24). The van der Waals surface area contributed by atoms with Gasteiger partial charge in [-0.2, -0.15) is 0 Å². The lowest BCUT2D eigenvalue weighted by Gasteiger charge is -2.22. The smallest absolute Gasteiger partial charge is 0.219 e. The molecular formula is C17H17N5O2S. The number of hydrogen-bond acceptors (Lipinski definition) is 6. The van der Waals surface area contributed by atoms with Crippen molar-refractivity contribution in [1.29, 1.82) is 0 Å². The molecule has 0 aliphatic heterocycles. The van der Waals surface area contributed by atoms with E-state index in [9.17, 15) is 8.42 Å². The van der Waals surface area contributed by atoms with E-state index < -0.39 is 15.3 Å². The third-order valence-corrected chi connectivity index (χ3v) is 5.09. The molecule has 0 saturated heterocycles. The minimum Gasteiger partial charge on any atom is -0.264 e. The Morgan fingerprint density at radius 3 is 1.88 bits per heavy atom. The van der Waals surface area contributed by atoms with Crippen molar-refractivity contribution in [2.75, 3.05) is 0 Å². The molecule has 3 aromatic rings. The van der Waals surface area contributed by atoms with Gasteiger partial charge in [0.2, 0.25) is 10.0 Å². The predicted octanol–water partition coefficient (Wildman–Crippen LogP) is 1.82. The molecule has 0 spiro atoms. The van der Waals surface area contributed by atoms with Crippen molar-refractivity contribution < 1.29 is 8.42 Å². The maximum atomic E-state index is 12.2. The van der Waals surface area contributed by atoms with Crippen molar-refractivity contribution in [2.24, 2.45) is 5.14 Å². The zero-order valence-corrected chi connectivity index (χ0v) is 14.1. The van der Waals surface area contributed by atoms with Crippen LogP contribution in [0.2, 0.25) is 0 Å². The van der Waals surface area contributed by atoms with Gasteiger partial charge in [0, 0.05) is 43.1 Å². The van der Waals surface area contributed by atoms with Gasteiger partial charge in [-0.05, 0) is 35.7 Å². The zero-order chi connectivity index (χ0) is 17.7. The fraction of sp³-hybridized carbons (Fsp3) is 0.176. The third-order valence-electron chi connectivity index (χ3n) is 3.89. The monoisotopic (exact) mass is 355 g/mol. The van der Waals surface area contributed by atoms with E-state index in [4.69, 9.17) is 5.14 Å². The van der Waals surface area contributed by atoms with Crippen LogP contribution >= 0.6 is 0 Å². The first-order chi connectivity index (χ1) is 12.1. The quantitative estimate of drug-likeness (QED) is 0.722. The summed E-state index contributed by atoms with van der Waals surface area (Å²) < 4.78 is 24.4. The van der Waals surface area contributed by atoms with E-state index >= 15 is 0 Å². The Balaban J connectivity index is 2.04. The summed E-state index contributed by atoms with van der Waals surface area (Å²) in [6.07, 6.45) is 9.96. The topological polar surface area (TPSA) is 112 Å². The molecule has 0 fully saturated rings. The number of nitrogens with two attached hydrogens (primary N) is 1. The summed E-state index contributed by atoms with van der Waals surface area (Å²) in [7, 11) is -3.89. The fourth-order valence-electron chi connectivity index (χ4n) is 2.71. The molecule has 128 valence electrons.